The molecule has 11 rings (SSSR count). The summed E-state index contributed by atoms with van der Waals surface area (Å²) in [6, 6.07) is 70.9. The van der Waals surface area contributed by atoms with E-state index in [0.29, 0.717) is 0 Å². The second kappa shape index (κ2) is 11.9. The van der Waals surface area contributed by atoms with Crippen LogP contribution in [-0.4, -0.2) is 0 Å². The summed E-state index contributed by atoms with van der Waals surface area (Å²) >= 11 is 0. The quantitative estimate of drug-likeness (QED) is 0.185. The van der Waals surface area contributed by atoms with Gasteiger partial charge in [-0.05, 0) is 120 Å². The first kappa shape index (κ1) is 33.1. The van der Waals surface area contributed by atoms with Crippen molar-refractivity contribution in [2.24, 2.45) is 0 Å². The molecule has 1 spiro atoms. The molecule has 1 heteroatoms. The Morgan fingerprint density at radius 3 is 1.25 bits per heavy atom. The van der Waals surface area contributed by atoms with Gasteiger partial charge in [-0.25, -0.2) is 4.90 Å². The van der Waals surface area contributed by atoms with Gasteiger partial charge >= 0.3 is 0 Å². The van der Waals surface area contributed by atoms with Crippen LogP contribution in [0.1, 0.15) is 72.2 Å². The normalized spacial score (nSPS) is 15.7. The third kappa shape index (κ3) is 4.41. The van der Waals surface area contributed by atoms with Gasteiger partial charge in [-0.1, -0.05) is 161 Å². The molecule has 1 nitrogen and oxygen atoms in total. The average Bonchev–Trinajstić information content (AvgIpc) is 3.66. The minimum absolute atomic E-state index is 0.116. The van der Waals surface area contributed by atoms with E-state index in [1.165, 1.54) is 99.9 Å². The van der Waals surface area contributed by atoms with E-state index in [-0.39, 0.29) is 10.8 Å². The Bertz CT molecular complexity index is 2770. The van der Waals surface area contributed by atoms with Gasteiger partial charge in [-0.15, -0.1) is 0 Å². The van der Waals surface area contributed by atoms with Gasteiger partial charge in [0.05, 0.1) is 5.41 Å². The van der Waals surface area contributed by atoms with Crippen LogP contribution < -0.4 is 4.90 Å². The summed E-state index contributed by atoms with van der Waals surface area (Å²) in [5.41, 5.74) is 22.0. The predicted octanol–water partition coefficient (Wildman–Crippen LogP) is 12.8. The molecule has 0 fully saturated rings. The largest absolute Gasteiger partial charge is 0.238 e. The standard InChI is InChI=1S/C55H43N/c1-53(2)46-23-13-15-25-48(46)55(49-26-16-14-24-47(49)53)45-22-12-11-21-41(45)44-31-28-37(34-52(44)55)36-27-30-42-43-32-29-40(35-51(43)54(3,4)50(42)33-36)56(38-17-7-5-8-18-38)39-19-9-6-10-20-39/h5-35H,1-4H3/p+1. The van der Waals surface area contributed by atoms with Crippen LogP contribution in [0, 0.1) is 0 Å². The molecule has 0 bridgehead atoms. The lowest BCUT2D eigenvalue weighted by molar-refractivity contribution is -0.681. The number of hydrogen-bond donors (Lipinski definition) is 1. The van der Waals surface area contributed by atoms with Crippen molar-refractivity contribution >= 4 is 17.1 Å². The number of rotatable bonds is 4. The number of fused-ring (bicyclic) bond motifs is 12. The van der Waals surface area contributed by atoms with Crippen molar-refractivity contribution in [1.29, 1.82) is 0 Å². The topological polar surface area (TPSA) is 4.44 Å². The first-order valence-corrected chi connectivity index (χ1v) is 20.0. The fourth-order valence-electron chi connectivity index (χ4n) is 10.8. The van der Waals surface area contributed by atoms with E-state index in [9.17, 15) is 0 Å². The smallest absolute Gasteiger partial charge is 0.141 e. The van der Waals surface area contributed by atoms with E-state index in [2.05, 4.69) is 216 Å². The summed E-state index contributed by atoms with van der Waals surface area (Å²) in [7, 11) is 0. The van der Waals surface area contributed by atoms with Gasteiger partial charge in [-0.3, -0.25) is 0 Å². The molecule has 0 saturated heterocycles. The minimum atomic E-state index is -0.404. The third-order valence-corrected chi connectivity index (χ3v) is 13.5. The lowest BCUT2D eigenvalue weighted by atomic mass is 9.55. The van der Waals surface area contributed by atoms with E-state index in [1.54, 1.807) is 0 Å². The molecule has 0 radical (unpaired) electrons. The number of benzene rings is 8. The fraction of sp³-hybridized carbons (Fsp3) is 0.127. The zero-order valence-corrected chi connectivity index (χ0v) is 32.4. The maximum Gasteiger partial charge on any atom is 0.141 e. The summed E-state index contributed by atoms with van der Waals surface area (Å²) in [6.07, 6.45) is 0. The number of quaternary nitrogens is 1. The molecular weight excluding hydrogens is 675 g/mol. The molecule has 0 atom stereocenters. The number of hydrogen-bond acceptors (Lipinski definition) is 0. The van der Waals surface area contributed by atoms with Gasteiger partial charge in [0.2, 0.25) is 0 Å². The Hall–Kier alpha value is -6.28. The zero-order chi connectivity index (χ0) is 37.8. The van der Waals surface area contributed by atoms with Crippen LogP contribution in [0.4, 0.5) is 17.1 Å². The molecule has 8 aromatic rings. The predicted molar refractivity (Wildman–Crippen MR) is 232 cm³/mol. The van der Waals surface area contributed by atoms with Crippen LogP contribution >= 0.6 is 0 Å². The highest BCUT2D eigenvalue weighted by molar-refractivity contribution is 5.91. The summed E-state index contributed by atoms with van der Waals surface area (Å²) in [6.45, 7) is 9.60. The highest BCUT2D eigenvalue weighted by Crippen LogP contribution is 2.62. The SMILES string of the molecule is CC1(C)c2cc(-c3ccc4c(c3)C3(c5ccccc5-4)c4ccccc4C(C)(C)c4ccccc43)ccc2-c2ccc([NH+](c3ccccc3)c3ccccc3)cc21. The van der Waals surface area contributed by atoms with Crippen molar-refractivity contribution in [3.8, 4) is 33.4 Å². The molecule has 3 aliphatic carbocycles. The lowest BCUT2D eigenvalue weighted by Gasteiger charge is -2.46. The second-order valence-electron chi connectivity index (χ2n) is 17.0. The van der Waals surface area contributed by atoms with Gasteiger partial charge in [0.1, 0.15) is 17.1 Å². The molecule has 56 heavy (non-hydrogen) atoms. The van der Waals surface area contributed by atoms with E-state index in [4.69, 9.17) is 0 Å². The van der Waals surface area contributed by atoms with Crippen LogP contribution in [0.2, 0.25) is 0 Å². The first-order valence-electron chi connectivity index (χ1n) is 20.0. The summed E-state index contributed by atoms with van der Waals surface area (Å²) in [4.78, 5) is 1.27. The highest BCUT2D eigenvalue weighted by Gasteiger charge is 2.53. The summed E-state index contributed by atoms with van der Waals surface area (Å²) in [5.74, 6) is 0. The van der Waals surface area contributed by atoms with Crippen molar-refractivity contribution in [1.82, 2.24) is 0 Å². The average molecular weight is 719 g/mol. The van der Waals surface area contributed by atoms with Crippen molar-refractivity contribution in [2.45, 2.75) is 43.9 Å². The van der Waals surface area contributed by atoms with E-state index in [1.807, 2.05) is 0 Å². The van der Waals surface area contributed by atoms with E-state index >= 15 is 0 Å². The molecule has 3 aliphatic rings. The third-order valence-electron chi connectivity index (χ3n) is 13.5. The Morgan fingerprint density at radius 1 is 0.286 bits per heavy atom. The molecule has 268 valence electrons. The molecule has 0 amide bonds. The second-order valence-corrected chi connectivity index (χ2v) is 17.0. The van der Waals surface area contributed by atoms with Gasteiger partial charge in [0.15, 0.2) is 0 Å². The Kier molecular flexibility index (Phi) is 7.01. The van der Waals surface area contributed by atoms with Crippen LogP contribution in [0.3, 0.4) is 0 Å². The number of para-hydroxylation sites is 2. The highest BCUT2D eigenvalue weighted by atomic mass is 15.1. The van der Waals surface area contributed by atoms with Crippen molar-refractivity contribution in [2.75, 3.05) is 0 Å². The van der Waals surface area contributed by atoms with Crippen molar-refractivity contribution < 1.29 is 4.90 Å². The van der Waals surface area contributed by atoms with Crippen LogP contribution in [0.25, 0.3) is 33.4 Å². The van der Waals surface area contributed by atoms with Crippen molar-refractivity contribution in [3.63, 3.8) is 0 Å². The molecule has 0 aromatic heterocycles. The van der Waals surface area contributed by atoms with Gasteiger partial charge in [0, 0.05) is 23.0 Å². The molecule has 0 aliphatic heterocycles. The zero-order valence-electron chi connectivity index (χ0n) is 32.4. The molecular formula is C55H44N+. The molecule has 0 heterocycles. The van der Waals surface area contributed by atoms with Crippen LogP contribution in [0.15, 0.2) is 188 Å². The molecule has 1 N–H and O–H groups in total. The van der Waals surface area contributed by atoms with Gasteiger partial charge in [-0.2, -0.15) is 0 Å². The molecule has 0 saturated carbocycles. The fourth-order valence-corrected chi connectivity index (χ4v) is 10.8. The maximum atomic E-state index is 2.52. The Balaban J connectivity index is 1.06. The monoisotopic (exact) mass is 718 g/mol. The van der Waals surface area contributed by atoms with E-state index in [0.717, 1.165) is 0 Å². The first-order chi connectivity index (χ1) is 27.3. The Labute approximate surface area is 330 Å². The molecule has 8 aromatic carbocycles. The summed E-state index contributed by atoms with van der Waals surface area (Å²) < 4.78 is 0. The van der Waals surface area contributed by atoms with Gasteiger partial charge < -0.3 is 0 Å². The maximum absolute atomic E-state index is 2.52. The lowest BCUT2D eigenvalue weighted by Crippen LogP contribution is -2.96. The van der Waals surface area contributed by atoms with Crippen molar-refractivity contribution in [3.05, 3.63) is 233 Å². The Morgan fingerprint density at radius 2 is 0.679 bits per heavy atom. The van der Waals surface area contributed by atoms with Crippen LogP contribution in [-0.2, 0) is 16.2 Å². The van der Waals surface area contributed by atoms with Gasteiger partial charge in [0.25, 0.3) is 0 Å². The molecule has 0 unspecified atom stereocenters. The van der Waals surface area contributed by atoms with Crippen LogP contribution in [0.5, 0.6) is 0 Å². The number of nitrogens with one attached hydrogen (secondary N) is 1. The van der Waals surface area contributed by atoms with E-state index < -0.39 is 5.41 Å². The summed E-state index contributed by atoms with van der Waals surface area (Å²) in [5, 5.41) is 0. The minimum Gasteiger partial charge on any atom is -0.238 e.